The highest BCUT2D eigenvalue weighted by molar-refractivity contribution is 5.44. The molecule has 0 spiro atoms. The van der Waals surface area contributed by atoms with Gasteiger partial charge in [-0.05, 0) is 12.1 Å². The van der Waals surface area contributed by atoms with Crippen LogP contribution in [0, 0.1) is 11.3 Å². The van der Waals surface area contributed by atoms with E-state index in [1.807, 2.05) is 6.07 Å². The lowest BCUT2D eigenvalue weighted by Gasteiger charge is -2.00. The van der Waals surface area contributed by atoms with Crippen molar-refractivity contribution in [3.63, 3.8) is 0 Å². The third-order valence-corrected chi connectivity index (χ3v) is 1.73. The van der Waals surface area contributed by atoms with E-state index in [1.165, 1.54) is 10.9 Å². The molecule has 0 aliphatic carbocycles. The maximum atomic E-state index is 8.82. The molecule has 0 saturated heterocycles. The lowest BCUT2D eigenvalue weighted by atomic mass is 10.3. The van der Waals surface area contributed by atoms with Gasteiger partial charge in [-0.25, -0.2) is 9.67 Å². The Bertz CT molecular complexity index is 494. The highest BCUT2D eigenvalue weighted by Gasteiger charge is 2.05. The molecule has 0 aliphatic rings. The van der Waals surface area contributed by atoms with Crippen molar-refractivity contribution in [1.29, 1.82) is 5.26 Å². The van der Waals surface area contributed by atoms with Crippen LogP contribution in [0.1, 0.15) is 5.56 Å². The molecule has 2 heterocycles. The van der Waals surface area contributed by atoms with Gasteiger partial charge in [0.15, 0.2) is 5.82 Å². The molecule has 0 bridgehead atoms. The molecule has 14 heavy (non-hydrogen) atoms. The van der Waals surface area contributed by atoms with Crippen molar-refractivity contribution in [3.8, 4) is 11.9 Å². The molecule has 0 atom stereocenters. The SMILES string of the molecule is N#Cc1cccnc1-n1cc(N)cn1. The fraction of sp³-hybridized carbons (Fsp3) is 0. The van der Waals surface area contributed by atoms with E-state index >= 15 is 0 Å². The second-order valence-electron chi connectivity index (χ2n) is 2.70. The minimum absolute atomic E-state index is 0.468. The van der Waals surface area contributed by atoms with Crippen LogP contribution in [-0.2, 0) is 0 Å². The van der Waals surface area contributed by atoms with Crippen LogP contribution in [-0.4, -0.2) is 14.8 Å². The van der Waals surface area contributed by atoms with Gasteiger partial charge in [-0.3, -0.25) is 0 Å². The van der Waals surface area contributed by atoms with Gasteiger partial charge in [0.1, 0.15) is 6.07 Å². The number of hydrogen-bond acceptors (Lipinski definition) is 4. The van der Waals surface area contributed by atoms with Crippen molar-refractivity contribution in [3.05, 3.63) is 36.3 Å². The van der Waals surface area contributed by atoms with Crippen LogP contribution in [0.15, 0.2) is 30.7 Å². The lowest BCUT2D eigenvalue weighted by molar-refractivity contribution is 0.843. The molecule has 0 amide bonds. The molecule has 0 aromatic carbocycles. The third-order valence-electron chi connectivity index (χ3n) is 1.73. The van der Waals surface area contributed by atoms with Gasteiger partial charge in [-0.1, -0.05) is 0 Å². The molecule has 2 rings (SSSR count). The van der Waals surface area contributed by atoms with Gasteiger partial charge in [-0.15, -0.1) is 0 Å². The zero-order chi connectivity index (χ0) is 9.97. The molecule has 68 valence electrons. The molecule has 5 nitrogen and oxygen atoms in total. The Morgan fingerprint density at radius 2 is 2.36 bits per heavy atom. The van der Waals surface area contributed by atoms with E-state index in [0.29, 0.717) is 17.1 Å². The Balaban J connectivity index is 2.57. The zero-order valence-electron chi connectivity index (χ0n) is 7.25. The maximum absolute atomic E-state index is 8.82. The fourth-order valence-corrected chi connectivity index (χ4v) is 1.12. The van der Waals surface area contributed by atoms with Crippen molar-refractivity contribution in [1.82, 2.24) is 14.8 Å². The average molecular weight is 185 g/mol. The van der Waals surface area contributed by atoms with Gasteiger partial charge in [0.25, 0.3) is 0 Å². The van der Waals surface area contributed by atoms with E-state index in [2.05, 4.69) is 10.1 Å². The van der Waals surface area contributed by atoms with Crippen LogP contribution in [0.2, 0.25) is 0 Å². The molecule has 0 radical (unpaired) electrons. The summed E-state index contributed by atoms with van der Waals surface area (Å²) in [6, 6.07) is 5.42. The predicted octanol–water partition coefficient (Wildman–Crippen LogP) is 0.721. The Morgan fingerprint density at radius 1 is 1.50 bits per heavy atom. The summed E-state index contributed by atoms with van der Waals surface area (Å²) >= 11 is 0. The van der Waals surface area contributed by atoms with Crippen LogP contribution in [0.25, 0.3) is 5.82 Å². The zero-order valence-corrected chi connectivity index (χ0v) is 7.25. The summed E-state index contributed by atoms with van der Waals surface area (Å²) < 4.78 is 1.48. The van der Waals surface area contributed by atoms with E-state index < -0.39 is 0 Å². The largest absolute Gasteiger partial charge is 0.396 e. The molecule has 0 aliphatic heterocycles. The number of anilines is 1. The van der Waals surface area contributed by atoms with E-state index in [-0.39, 0.29) is 0 Å². The summed E-state index contributed by atoms with van der Waals surface area (Å²) in [7, 11) is 0. The second-order valence-corrected chi connectivity index (χ2v) is 2.70. The van der Waals surface area contributed by atoms with Gasteiger partial charge in [0.05, 0.1) is 23.6 Å². The third kappa shape index (κ3) is 1.29. The van der Waals surface area contributed by atoms with E-state index in [0.717, 1.165) is 0 Å². The van der Waals surface area contributed by atoms with Crippen molar-refractivity contribution < 1.29 is 0 Å². The summed E-state index contributed by atoms with van der Waals surface area (Å²) in [5, 5.41) is 12.8. The molecule has 2 N–H and O–H groups in total. The Morgan fingerprint density at radius 3 is 3.00 bits per heavy atom. The number of nitrogens with zero attached hydrogens (tertiary/aromatic N) is 4. The van der Waals surface area contributed by atoms with Crippen LogP contribution in [0.4, 0.5) is 5.69 Å². The first kappa shape index (κ1) is 8.26. The number of aromatic nitrogens is 3. The number of nitriles is 1. The molecular formula is C9H7N5. The number of hydrogen-bond donors (Lipinski definition) is 1. The monoisotopic (exact) mass is 185 g/mol. The maximum Gasteiger partial charge on any atom is 0.171 e. The van der Waals surface area contributed by atoms with E-state index in [9.17, 15) is 0 Å². The first-order chi connectivity index (χ1) is 6.81. The Hall–Kier alpha value is -2.35. The Labute approximate surface area is 80.4 Å². The minimum Gasteiger partial charge on any atom is -0.396 e. The molecule has 5 heteroatoms. The smallest absolute Gasteiger partial charge is 0.171 e. The van der Waals surface area contributed by atoms with Gasteiger partial charge in [0.2, 0.25) is 0 Å². The van der Waals surface area contributed by atoms with Crippen LogP contribution >= 0.6 is 0 Å². The first-order valence-corrected chi connectivity index (χ1v) is 3.97. The summed E-state index contributed by atoms with van der Waals surface area (Å²) in [6.07, 6.45) is 4.73. The number of nitrogen functional groups attached to an aromatic ring is 1. The number of nitrogens with two attached hydrogens (primary N) is 1. The summed E-state index contributed by atoms with van der Waals surface area (Å²) in [5.41, 5.74) is 6.52. The Kier molecular flexibility index (Phi) is 1.88. The molecule has 2 aromatic heterocycles. The molecule has 2 aromatic rings. The van der Waals surface area contributed by atoms with E-state index in [1.54, 1.807) is 24.5 Å². The average Bonchev–Trinajstić information content (AvgIpc) is 2.65. The van der Waals surface area contributed by atoms with Crippen molar-refractivity contribution in [2.24, 2.45) is 0 Å². The highest BCUT2D eigenvalue weighted by atomic mass is 15.3. The topological polar surface area (TPSA) is 80.5 Å². The van der Waals surface area contributed by atoms with Crippen molar-refractivity contribution >= 4 is 5.69 Å². The summed E-state index contributed by atoms with van der Waals surface area (Å²) in [4.78, 5) is 4.06. The van der Waals surface area contributed by atoms with Crippen LogP contribution < -0.4 is 5.73 Å². The first-order valence-electron chi connectivity index (χ1n) is 3.97. The quantitative estimate of drug-likeness (QED) is 0.709. The molecule has 0 saturated carbocycles. The molecule has 0 unspecified atom stereocenters. The highest BCUT2D eigenvalue weighted by Crippen LogP contribution is 2.10. The summed E-state index contributed by atoms with van der Waals surface area (Å²) in [6.45, 7) is 0. The van der Waals surface area contributed by atoms with Gasteiger partial charge in [-0.2, -0.15) is 10.4 Å². The fourth-order valence-electron chi connectivity index (χ4n) is 1.12. The van der Waals surface area contributed by atoms with Crippen LogP contribution in [0.3, 0.4) is 0 Å². The predicted molar refractivity (Wildman–Crippen MR) is 50.5 cm³/mol. The minimum atomic E-state index is 0.468. The van der Waals surface area contributed by atoms with Crippen LogP contribution in [0.5, 0.6) is 0 Å². The second kappa shape index (κ2) is 3.18. The summed E-state index contributed by atoms with van der Waals surface area (Å²) in [5.74, 6) is 0.492. The normalized spacial score (nSPS) is 9.64. The number of pyridine rings is 1. The molecule has 0 fully saturated rings. The van der Waals surface area contributed by atoms with Crippen molar-refractivity contribution in [2.45, 2.75) is 0 Å². The number of rotatable bonds is 1. The van der Waals surface area contributed by atoms with Gasteiger partial charge >= 0.3 is 0 Å². The van der Waals surface area contributed by atoms with Crippen molar-refractivity contribution in [2.75, 3.05) is 5.73 Å². The van der Waals surface area contributed by atoms with Gasteiger partial charge < -0.3 is 5.73 Å². The van der Waals surface area contributed by atoms with Gasteiger partial charge in [0, 0.05) is 6.20 Å². The molecular weight excluding hydrogens is 178 g/mol. The lowest BCUT2D eigenvalue weighted by Crippen LogP contribution is -2.00. The van der Waals surface area contributed by atoms with E-state index in [4.69, 9.17) is 11.0 Å². The standard InChI is InChI=1S/C9H7N5/c10-4-7-2-1-3-12-9(7)14-6-8(11)5-13-14/h1-3,5-6H,11H2.